The molecule has 0 fully saturated rings. The van der Waals surface area contributed by atoms with Gasteiger partial charge in [0.05, 0.1) is 19.1 Å². The highest BCUT2D eigenvalue weighted by Crippen LogP contribution is 2.24. The maximum Gasteiger partial charge on any atom is 0.244 e. The Labute approximate surface area is 238 Å². The van der Waals surface area contributed by atoms with Gasteiger partial charge in [-0.15, -0.1) is 0 Å². The summed E-state index contributed by atoms with van der Waals surface area (Å²) in [5.74, 6) is -0.313. The number of rotatable bonds is 13. The van der Waals surface area contributed by atoms with Gasteiger partial charge >= 0.3 is 0 Å². The molecule has 0 bridgehead atoms. The average molecular weight is 566 g/mol. The van der Waals surface area contributed by atoms with Gasteiger partial charge in [0.2, 0.25) is 21.8 Å². The van der Waals surface area contributed by atoms with E-state index in [0.717, 1.165) is 33.7 Å². The van der Waals surface area contributed by atoms with Gasteiger partial charge in [-0.1, -0.05) is 73.2 Å². The predicted molar refractivity (Wildman–Crippen MR) is 159 cm³/mol. The van der Waals surface area contributed by atoms with Crippen LogP contribution in [-0.4, -0.2) is 57.1 Å². The molecule has 0 heterocycles. The number of anilines is 1. The minimum atomic E-state index is -3.85. The van der Waals surface area contributed by atoms with E-state index in [1.165, 1.54) is 12.0 Å². The molecular formula is C31H39N3O5S. The molecule has 0 aliphatic rings. The van der Waals surface area contributed by atoms with Crippen LogP contribution in [0, 0.1) is 6.92 Å². The summed E-state index contributed by atoms with van der Waals surface area (Å²) >= 11 is 0. The molecule has 40 heavy (non-hydrogen) atoms. The summed E-state index contributed by atoms with van der Waals surface area (Å²) in [5, 5.41) is 3.03. The van der Waals surface area contributed by atoms with Crippen molar-refractivity contribution in [1.29, 1.82) is 0 Å². The maximum absolute atomic E-state index is 14.1. The molecule has 9 heteroatoms. The second-order valence-electron chi connectivity index (χ2n) is 10.0. The summed E-state index contributed by atoms with van der Waals surface area (Å²) in [7, 11) is -2.36. The number of carbonyl (C=O) groups excluding carboxylic acids is 2. The Hall–Kier alpha value is -3.85. The van der Waals surface area contributed by atoms with Gasteiger partial charge < -0.3 is 15.0 Å². The second-order valence-corrected chi connectivity index (χ2v) is 11.9. The van der Waals surface area contributed by atoms with Crippen LogP contribution in [0.2, 0.25) is 0 Å². The van der Waals surface area contributed by atoms with Crippen LogP contribution >= 0.6 is 0 Å². The molecule has 0 spiro atoms. The molecule has 0 aromatic heterocycles. The van der Waals surface area contributed by atoms with Crippen molar-refractivity contribution in [3.63, 3.8) is 0 Å². The third kappa shape index (κ3) is 8.58. The van der Waals surface area contributed by atoms with Crippen LogP contribution in [0.1, 0.15) is 37.0 Å². The number of sulfonamides is 1. The van der Waals surface area contributed by atoms with Crippen molar-refractivity contribution in [1.82, 2.24) is 10.2 Å². The number of nitrogens with zero attached hydrogens (tertiary/aromatic N) is 2. The fraction of sp³-hybridized carbons (Fsp3) is 0.355. The molecule has 0 saturated heterocycles. The van der Waals surface area contributed by atoms with E-state index in [0.29, 0.717) is 11.4 Å². The summed E-state index contributed by atoms with van der Waals surface area (Å²) < 4.78 is 32.1. The highest BCUT2D eigenvalue weighted by Gasteiger charge is 2.33. The normalized spacial score (nSPS) is 12.7. The molecule has 2 amide bonds. The zero-order chi connectivity index (χ0) is 29.3. The lowest BCUT2D eigenvalue weighted by Crippen LogP contribution is -2.54. The highest BCUT2D eigenvalue weighted by molar-refractivity contribution is 7.92. The number of methoxy groups -OCH3 is 1. The monoisotopic (exact) mass is 565 g/mol. The van der Waals surface area contributed by atoms with E-state index in [2.05, 4.69) is 5.32 Å². The largest absolute Gasteiger partial charge is 0.497 e. The molecule has 0 aliphatic heterocycles. The van der Waals surface area contributed by atoms with E-state index in [4.69, 9.17) is 4.74 Å². The van der Waals surface area contributed by atoms with E-state index in [-0.39, 0.29) is 24.9 Å². The topological polar surface area (TPSA) is 96.0 Å². The minimum Gasteiger partial charge on any atom is -0.497 e. The fourth-order valence-electron chi connectivity index (χ4n) is 4.38. The fourth-order valence-corrected chi connectivity index (χ4v) is 5.22. The van der Waals surface area contributed by atoms with E-state index < -0.39 is 28.5 Å². The van der Waals surface area contributed by atoms with E-state index in [9.17, 15) is 18.0 Å². The molecule has 0 unspecified atom stereocenters. The Kier molecular flexibility index (Phi) is 10.7. The van der Waals surface area contributed by atoms with Gasteiger partial charge in [-0.05, 0) is 43.5 Å². The molecule has 3 aromatic carbocycles. The third-order valence-electron chi connectivity index (χ3n) is 6.73. The number of aryl methyl sites for hydroxylation is 1. The van der Waals surface area contributed by atoms with Crippen molar-refractivity contribution < 1.29 is 22.7 Å². The molecule has 214 valence electrons. The SMILES string of the molecule is CC[C@@H](C)NC(=O)[C@@H](Cc1ccccc1)N(Cc1cccc(C)c1)C(=O)CN(c1cccc(OC)c1)S(C)(=O)=O. The molecule has 0 radical (unpaired) electrons. The van der Waals surface area contributed by atoms with Gasteiger partial charge in [-0.25, -0.2) is 8.42 Å². The third-order valence-corrected chi connectivity index (χ3v) is 7.87. The van der Waals surface area contributed by atoms with Crippen molar-refractivity contribution >= 4 is 27.5 Å². The Morgan fingerprint density at radius 1 is 0.950 bits per heavy atom. The lowest BCUT2D eigenvalue weighted by Gasteiger charge is -2.34. The zero-order valence-corrected chi connectivity index (χ0v) is 24.6. The van der Waals surface area contributed by atoms with Crippen LogP contribution in [-0.2, 0) is 32.6 Å². The quantitative estimate of drug-likeness (QED) is 0.333. The number of benzene rings is 3. The molecule has 2 atom stereocenters. The first-order valence-corrected chi connectivity index (χ1v) is 15.2. The number of carbonyl (C=O) groups is 2. The molecule has 3 rings (SSSR count). The van der Waals surface area contributed by atoms with Gasteiger partial charge in [0.15, 0.2) is 0 Å². The molecular weight excluding hydrogens is 526 g/mol. The minimum absolute atomic E-state index is 0.0917. The number of hydrogen-bond acceptors (Lipinski definition) is 5. The Bertz CT molecular complexity index is 1390. The van der Waals surface area contributed by atoms with Gasteiger partial charge in [0.25, 0.3) is 0 Å². The van der Waals surface area contributed by atoms with Crippen LogP contribution in [0.15, 0.2) is 78.9 Å². The zero-order valence-electron chi connectivity index (χ0n) is 23.8. The summed E-state index contributed by atoms with van der Waals surface area (Å²) in [6.07, 6.45) is 2.06. The molecule has 3 aromatic rings. The molecule has 1 N–H and O–H groups in total. The van der Waals surface area contributed by atoms with Crippen LogP contribution in [0.5, 0.6) is 5.75 Å². The first kappa shape index (κ1) is 30.7. The number of hydrogen-bond donors (Lipinski definition) is 1. The van der Waals surface area contributed by atoms with Crippen LogP contribution in [0.3, 0.4) is 0 Å². The Morgan fingerprint density at radius 3 is 2.25 bits per heavy atom. The summed E-state index contributed by atoms with van der Waals surface area (Å²) in [6, 6.07) is 22.8. The van der Waals surface area contributed by atoms with Crippen LogP contribution < -0.4 is 14.4 Å². The van der Waals surface area contributed by atoms with Crippen LogP contribution in [0.4, 0.5) is 5.69 Å². The standard InChI is InChI=1S/C31H39N3O5S/c1-6-24(3)32-31(36)29(19-25-13-8-7-9-14-25)33(21-26-15-10-12-23(2)18-26)30(35)22-34(40(5,37)38)27-16-11-17-28(20-27)39-4/h7-18,20,24,29H,6,19,21-22H2,1-5H3,(H,32,36)/t24-,29-/m1/s1. The molecule has 8 nitrogen and oxygen atoms in total. The van der Waals surface area contributed by atoms with E-state index >= 15 is 0 Å². The smallest absolute Gasteiger partial charge is 0.244 e. The predicted octanol–water partition coefficient (Wildman–Crippen LogP) is 4.32. The van der Waals surface area contributed by atoms with Gasteiger partial charge in [0.1, 0.15) is 18.3 Å². The van der Waals surface area contributed by atoms with Crippen LogP contribution in [0.25, 0.3) is 0 Å². The highest BCUT2D eigenvalue weighted by atomic mass is 32.2. The lowest BCUT2D eigenvalue weighted by molar-refractivity contribution is -0.140. The lowest BCUT2D eigenvalue weighted by atomic mass is 10.0. The molecule has 0 saturated carbocycles. The average Bonchev–Trinajstić information content (AvgIpc) is 2.93. The van der Waals surface area contributed by atoms with Gasteiger partial charge in [0, 0.05) is 25.1 Å². The van der Waals surface area contributed by atoms with Gasteiger partial charge in [-0.2, -0.15) is 0 Å². The summed E-state index contributed by atoms with van der Waals surface area (Å²) in [5.41, 5.74) is 3.05. The number of nitrogens with one attached hydrogen (secondary N) is 1. The van der Waals surface area contributed by atoms with Crippen molar-refractivity contribution in [3.8, 4) is 5.75 Å². The van der Waals surface area contributed by atoms with Crippen molar-refractivity contribution in [2.45, 2.75) is 52.2 Å². The van der Waals surface area contributed by atoms with E-state index in [1.54, 1.807) is 24.3 Å². The molecule has 0 aliphatic carbocycles. The Morgan fingerprint density at radius 2 is 1.62 bits per heavy atom. The summed E-state index contributed by atoms with van der Waals surface area (Å²) in [6.45, 7) is 5.52. The first-order valence-electron chi connectivity index (χ1n) is 13.3. The van der Waals surface area contributed by atoms with Crippen molar-refractivity contribution in [2.75, 3.05) is 24.2 Å². The number of ether oxygens (including phenoxy) is 1. The van der Waals surface area contributed by atoms with Crippen molar-refractivity contribution in [2.24, 2.45) is 0 Å². The maximum atomic E-state index is 14.1. The Balaban J connectivity index is 2.06. The summed E-state index contributed by atoms with van der Waals surface area (Å²) in [4.78, 5) is 29.3. The van der Waals surface area contributed by atoms with Gasteiger partial charge in [-0.3, -0.25) is 13.9 Å². The first-order chi connectivity index (χ1) is 19.0. The van der Waals surface area contributed by atoms with E-state index in [1.807, 2.05) is 75.4 Å². The number of amides is 2. The second kappa shape index (κ2) is 14.0. The van der Waals surface area contributed by atoms with Crippen molar-refractivity contribution in [3.05, 3.63) is 95.6 Å².